The number of carbonyl (C=O) groups is 3. The highest BCUT2D eigenvalue weighted by molar-refractivity contribution is 5.86. The average Bonchev–Trinajstić information content (AvgIpc) is 3.08. The highest BCUT2D eigenvalue weighted by Crippen LogP contribution is 2.44. The third-order valence-corrected chi connectivity index (χ3v) is 5.99. The van der Waals surface area contributed by atoms with Gasteiger partial charge in [0.15, 0.2) is 0 Å². The van der Waals surface area contributed by atoms with Crippen molar-refractivity contribution in [2.24, 2.45) is 5.41 Å². The van der Waals surface area contributed by atoms with Gasteiger partial charge in [-0.15, -0.1) is 0 Å². The summed E-state index contributed by atoms with van der Waals surface area (Å²) < 4.78 is 5.55. The summed E-state index contributed by atoms with van der Waals surface area (Å²) in [4.78, 5) is 36.6. The van der Waals surface area contributed by atoms with Gasteiger partial charge in [-0.25, -0.2) is 4.79 Å². The van der Waals surface area contributed by atoms with Gasteiger partial charge in [0.05, 0.1) is 6.42 Å². The molecule has 0 fully saturated rings. The SMILES string of the molecule is CC[C@@H](NC(=O)OCC1c2ccccc2-c2ccccc21)C(=O)NC(CC(=O)O)CC(C)(C)C. The Morgan fingerprint density at radius 2 is 1.53 bits per heavy atom. The number of hydrogen-bond donors (Lipinski definition) is 3. The number of benzene rings is 2. The van der Waals surface area contributed by atoms with Gasteiger partial charge in [0.1, 0.15) is 12.6 Å². The van der Waals surface area contributed by atoms with Crippen molar-refractivity contribution in [2.75, 3.05) is 6.61 Å². The quantitative estimate of drug-likeness (QED) is 0.497. The Labute approximate surface area is 200 Å². The van der Waals surface area contributed by atoms with Gasteiger partial charge in [0.2, 0.25) is 5.91 Å². The van der Waals surface area contributed by atoms with Gasteiger partial charge >= 0.3 is 12.1 Å². The lowest BCUT2D eigenvalue weighted by Crippen LogP contribution is -2.50. The molecule has 3 rings (SSSR count). The normalized spacial score (nSPS) is 14.5. The van der Waals surface area contributed by atoms with Crippen molar-refractivity contribution in [3.05, 3.63) is 59.7 Å². The van der Waals surface area contributed by atoms with E-state index >= 15 is 0 Å². The molecule has 3 N–H and O–H groups in total. The fourth-order valence-electron chi connectivity index (χ4n) is 4.56. The van der Waals surface area contributed by atoms with Crippen LogP contribution in [0.1, 0.15) is 64.0 Å². The summed E-state index contributed by atoms with van der Waals surface area (Å²) in [6.45, 7) is 7.90. The van der Waals surface area contributed by atoms with E-state index in [4.69, 9.17) is 4.74 Å². The lowest BCUT2D eigenvalue weighted by Gasteiger charge is -2.27. The molecular formula is C27H34N2O5. The Kier molecular flexibility index (Phi) is 7.97. The minimum absolute atomic E-state index is 0.0706. The number of alkyl carbamates (subject to hydrolysis) is 1. The number of nitrogens with one attached hydrogen (secondary N) is 2. The number of rotatable bonds is 9. The van der Waals surface area contributed by atoms with Crippen LogP contribution in [0.2, 0.25) is 0 Å². The summed E-state index contributed by atoms with van der Waals surface area (Å²) in [6.07, 6.45) is 0.0109. The molecule has 7 nitrogen and oxygen atoms in total. The monoisotopic (exact) mass is 466 g/mol. The Balaban J connectivity index is 1.61. The van der Waals surface area contributed by atoms with Gasteiger partial charge in [0, 0.05) is 12.0 Å². The predicted molar refractivity (Wildman–Crippen MR) is 131 cm³/mol. The number of hydrogen-bond acceptors (Lipinski definition) is 4. The molecule has 182 valence electrons. The van der Waals surface area contributed by atoms with E-state index in [1.807, 2.05) is 57.2 Å². The van der Waals surface area contributed by atoms with E-state index in [1.165, 1.54) is 0 Å². The molecular weight excluding hydrogens is 432 g/mol. The minimum Gasteiger partial charge on any atom is -0.481 e. The second kappa shape index (κ2) is 10.7. The second-order valence-electron chi connectivity index (χ2n) is 10.00. The molecule has 2 amide bonds. The third kappa shape index (κ3) is 6.37. The van der Waals surface area contributed by atoms with E-state index in [0.29, 0.717) is 12.8 Å². The van der Waals surface area contributed by atoms with Crippen LogP contribution in [0.4, 0.5) is 4.79 Å². The van der Waals surface area contributed by atoms with E-state index < -0.39 is 30.1 Å². The molecule has 2 aromatic carbocycles. The Hall–Kier alpha value is -3.35. The van der Waals surface area contributed by atoms with E-state index in [0.717, 1.165) is 22.3 Å². The maximum atomic E-state index is 12.8. The lowest BCUT2D eigenvalue weighted by molar-refractivity contribution is -0.138. The number of carboxylic acids is 1. The predicted octanol–water partition coefficient (Wildman–Crippen LogP) is 4.70. The zero-order valence-corrected chi connectivity index (χ0v) is 20.3. The number of amides is 2. The van der Waals surface area contributed by atoms with Crippen molar-refractivity contribution in [2.45, 2.75) is 65.0 Å². The molecule has 0 heterocycles. The summed E-state index contributed by atoms with van der Waals surface area (Å²) in [7, 11) is 0. The molecule has 0 saturated heterocycles. The van der Waals surface area contributed by atoms with Crippen LogP contribution in [0.25, 0.3) is 11.1 Å². The van der Waals surface area contributed by atoms with Crippen molar-refractivity contribution < 1.29 is 24.2 Å². The van der Waals surface area contributed by atoms with Crippen LogP contribution < -0.4 is 10.6 Å². The molecule has 0 aliphatic heterocycles. The van der Waals surface area contributed by atoms with Crippen LogP contribution >= 0.6 is 0 Å². The van der Waals surface area contributed by atoms with E-state index in [9.17, 15) is 19.5 Å². The number of carbonyl (C=O) groups excluding carboxylic acids is 2. The molecule has 2 aromatic rings. The zero-order valence-electron chi connectivity index (χ0n) is 20.3. The number of aliphatic carboxylic acids is 1. The van der Waals surface area contributed by atoms with Gasteiger partial charge in [0.25, 0.3) is 0 Å². The molecule has 1 aliphatic rings. The Bertz CT molecular complexity index is 998. The standard InChI is InChI=1S/C27H34N2O5/c1-5-23(25(32)28-17(14-24(30)31)15-27(2,3)4)29-26(33)34-16-22-20-12-8-6-10-18(20)19-11-7-9-13-21(19)22/h6-13,17,22-23H,5,14-16H2,1-4H3,(H,28,32)(H,29,33)(H,30,31)/t17?,23-/m1/s1. The van der Waals surface area contributed by atoms with Crippen LogP contribution in [-0.4, -0.2) is 41.8 Å². The van der Waals surface area contributed by atoms with Gasteiger partial charge in [-0.05, 0) is 40.5 Å². The summed E-state index contributed by atoms with van der Waals surface area (Å²) in [6, 6.07) is 14.8. The first-order valence-corrected chi connectivity index (χ1v) is 11.7. The summed E-state index contributed by atoms with van der Waals surface area (Å²) in [5, 5.41) is 14.6. The summed E-state index contributed by atoms with van der Waals surface area (Å²) in [5.74, 6) is -1.46. The number of carboxylic acid groups (broad SMARTS) is 1. The molecule has 0 aromatic heterocycles. The van der Waals surface area contributed by atoms with E-state index in [2.05, 4.69) is 22.8 Å². The van der Waals surface area contributed by atoms with Crippen molar-refractivity contribution in [3.63, 3.8) is 0 Å². The lowest BCUT2D eigenvalue weighted by atomic mass is 9.87. The fourth-order valence-corrected chi connectivity index (χ4v) is 4.56. The minimum atomic E-state index is -0.980. The van der Waals surface area contributed by atoms with Gasteiger partial charge in [-0.3, -0.25) is 9.59 Å². The van der Waals surface area contributed by atoms with Gasteiger partial charge < -0.3 is 20.5 Å². The fraction of sp³-hybridized carbons (Fsp3) is 0.444. The topological polar surface area (TPSA) is 105 Å². The zero-order chi connectivity index (χ0) is 24.9. The second-order valence-corrected chi connectivity index (χ2v) is 10.00. The van der Waals surface area contributed by atoms with Crippen molar-refractivity contribution >= 4 is 18.0 Å². The molecule has 7 heteroatoms. The Morgan fingerprint density at radius 3 is 2.03 bits per heavy atom. The van der Waals surface area contributed by atoms with E-state index in [-0.39, 0.29) is 24.4 Å². The molecule has 0 spiro atoms. The maximum Gasteiger partial charge on any atom is 0.407 e. The molecule has 1 unspecified atom stereocenters. The highest BCUT2D eigenvalue weighted by atomic mass is 16.5. The highest BCUT2D eigenvalue weighted by Gasteiger charge is 2.30. The maximum absolute atomic E-state index is 12.8. The van der Waals surface area contributed by atoms with Crippen LogP contribution in [-0.2, 0) is 14.3 Å². The molecule has 2 atom stereocenters. The summed E-state index contributed by atoms with van der Waals surface area (Å²) in [5.41, 5.74) is 4.34. The van der Waals surface area contributed by atoms with Crippen LogP contribution in [0.5, 0.6) is 0 Å². The average molecular weight is 467 g/mol. The van der Waals surface area contributed by atoms with E-state index in [1.54, 1.807) is 6.92 Å². The van der Waals surface area contributed by atoms with Gasteiger partial charge in [-0.1, -0.05) is 76.2 Å². The van der Waals surface area contributed by atoms with Gasteiger partial charge in [-0.2, -0.15) is 0 Å². The number of fused-ring (bicyclic) bond motifs is 3. The largest absolute Gasteiger partial charge is 0.481 e. The first kappa shape index (κ1) is 25.3. The molecule has 1 aliphatic carbocycles. The van der Waals surface area contributed by atoms with Crippen molar-refractivity contribution in [3.8, 4) is 11.1 Å². The molecule has 0 radical (unpaired) electrons. The smallest absolute Gasteiger partial charge is 0.407 e. The van der Waals surface area contributed by atoms with Crippen molar-refractivity contribution in [1.29, 1.82) is 0 Å². The summed E-state index contributed by atoms with van der Waals surface area (Å²) >= 11 is 0. The third-order valence-electron chi connectivity index (χ3n) is 5.99. The molecule has 0 bridgehead atoms. The Morgan fingerprint density at radius 1 is 0.971 bits per heavy atom. The number of ether oxygens (including phenoxy) is 1. The first-order chi connectivity index (χ1) is 16.1. The molecule has 0 saturated carbocycles. The van der Waals surface area contributed by atoms with Crippen LogP contribution in [0.15, 0.2) is 48.5 Å². The molecule has 34 heavy (non-hydrogen) atoms. The first-order valence-electron chi connectivity index (χ1n) is 11.7. The van der Waals surface area contributed by atoms with Crippen LogP contribution in [0.3, 0.4) is 0 Å². The van der Waals surface area contributed by atoms with Crippen LogP contribution in [0, 0.1) is 5.41 Å². The van der Waals surface area contributed by atoms with Crippen molar-refractivity contribution in [1.82, 2.24) is 10.6 Å².